The van der Waals surface area contributed by atoms with E-state index < -0.39 is 11.0 Å². The summed E-state index contributed by atoms with van der Waals surface area (Å²) in [6.45, 7) is 11.8. The predicted molar refractivity (Wildman–Crippen MR) is 86.3 cm³/mol. The van der Waals surface area contributed by atoms with Crippen LogP contribution >= 0.6 is 0 Å². The minimum atomic E-state index is -0.648. The first-order valence-corrected chi connectivity index (χ1v) is 7.33. The topological polar surface area (TPSA) is 64.3 Å². The molecule has 118 valence electrons. The highest BCUT2D eigenvalue weighted by Gasteiger charge is 2.40. The van der Waals surface area contributed by atoms with Crippen LogP contribution in [0.3, 0.4) is 0 Å². The smallest absolute Gasteiger partial charge is 0.227 e. The van der Waals surface area contributed by atoms with Gasteiger partial charge < -0.3 is 15.8 Å². The van der Waals surface area contributed by atoms with Crippen LogP contribution in [-0.2, 0) is 4.79 Å². The van der Waals surface area contributed by atoms with Crippen molar-refractivity contribution in [2.24, 2.45) is 11.1 Å². The van der Waals surface area contributed by atoms with Crippen LogP contribution in [0.2, 0.25) is 0 Å². The number of carbonyl (C=O) groups excluding carboxylic acids is 1. The standard InChI is InChI=1S/C17H28N2O2/c1-12-7-9-14(10-8-12)21-11-13(2)19-15(20)16(3,4)17(5,6)18/h7-10,13H,11,18H2,1-6H3,(H,19,20). The summed E-state index contributed by atoms with van der Waals surface area (Å²) < 4.78 is 5.68. The van der Waals surface area contributed by atoms with Crippen molar-refractivity contribution in [3.8, 4) is 5.75 Å². The van der Waals surface area contributed by atoms with Gasteiger partial charge in [0.2, 0.25) is 5.91 Å². The third-order valence-corrected chi connectivity index (χ3v) is 4.08. The van der Waals surface area contributed by atoms with Gasteiger partial charge in [0, 0.05) is 5.54 Å². The van der Waals surface area contributed by atoms with Gasteiger partial charge in [0.1, 0.15) is 12.4 Å². The van der Waals surface area contributed by atoms with Crippen molar-refractivity contribution in [1.82, 2.24) is 5.32 Å². The number of hydrogen-bond acceptors (Lipinski definition) is 3. The van der Waals surface area contributed by atoms with Gasteiger partial charge in [0.15, 0.2) is 0 Å². The van der Waals surface area contributed by atoms with Crippen molar-refractivity contribution < 1.29 is 9.53 Å². The van der Waals surface area contributed by atoms with E-state index in [4.69, 9.17) is 10.5 Å². The molecule has 4 nitrogen and oxygen atoms in total. The molecule has 1 unspecified atom stereocenters. The zero-order valence-corrected chi connectivity index (χ0v) is 14.0. The fraction of sp³-hybridized carbons (Fsp3) is 0.588. The summed E-state index contributed by atoms with van der Waals surface area (Å²) in [5.74, 6) is 0.745. The van der Waals surface area contributed by atoms with E-state index in [0.29, 0.717) is 6.61 Å². The van der Waals surface area contributed by atoms with E-state index in [2.05, 4.69) is 5.32 Å². The lowest BCUT2D eigenvalue weighted by atomic mass is 9.74. The molecule has 0 radical (unpaired) electrons. The molecule has 1 aromatic carbocycles. The Morgan fingerprint density at radius 3 is 2.24 bits per heavy atom. The zero-order valence-electron chi connectivity index (χ0n) is 14.0. The van der Waals surface area contributed by atoms with Gasteiger partial charge in [0.25, 0.3) is 0 Å². The van der Waals surface area contributed by atoms with Gasteiger partial charge in [-0.1, -0.05) is 17.7 Å². The molecular formula is C17H28N2O2. The summed E-state index contributed by atoms with van der Waals surface area (Å²) in [5, 5.41) is 2.96. The maximum Gasteiger partial charge on any atom is 0.227 e. The monoisotopic (exact) mass is 292 g/mol. The van der Waals surface area contributed by atoms with Crippen LogP contribution in [-0.4, -0.2) is 24.1 Å². The molecule has 0 spiro atoms. The van der Waals surface area contributed by atoms with E-state index in [0.717, 1.165) is 5.75 Å². The molecule has 0 aromatic heterocycles. The van der Waals surface area contributed by atoms with Crippen LogP contribution in [0.4, 0.5) is 0 Å². The number of hydrogen-bond donors (Lipinski definition) is 2. The molecule has 0 fully saturated rings. The van der Waals surface area contributed by atoms with E-state index in [9.17, 15) is 4.79 Å². The quantitative estimate of drug-likeness (QED) is 0.847. The van der Waals surface area contributed by atoms with Crippen LogP contribution in [0.1, 0.15) is 40.2 Å². The maximum atomic E-state index is 12.3. The highest BCUT2D eigenvalue weighted by atomic mass is 16.5. The molecule has 0 aliphatic heterocycles. The molecule has 0 bridgehead atoms. The SMILES string of the molecule is Cc1ccc(OCC(C)NC(=O)C(C)(C)C(C)(C)N)cc1. The Kier molecular flexibility index (Phi) is 5.40. The van der Waals surface area contributed by atoms with Crippen LogP contribution in [0.25, 0.3) is 0 Å². The minimum Gasteiger partial charge on any atom is -0.491 e. The molecule has 1 aromatic rings. The fourth-order valence-electron chi connectivity index (χ4n) is 1.59. The number of amides is 1. The Hall–Kier alpha value is -1.55. The number of carbonyl (C=O) groups is 1. The lowest BCUT2D eigenvalue weighted by Crippen LogP contribution is -2.57. The molecule has 0 heterocycles. The fourth-order valence-corrected chi connectivity index (χ4v) is 1.59. The van der Waals surface area contributed by atoms with Gasteiger partial charge in [-0.2, -0.15) is 0 Å². The summed E-state index contributed by atoms with van der Waals surface area (Å²) in [6.07, 6.45) is 0. The van der Waals surface area contributed by atoms with Crippen molar-refractivity contribution >= 4 is 5.91 Å². The highest BCUT2D eigenvalue weighted by molar-refractivity contribution is 5.83. The highest BCUT2D eigenvalue weighted by Crippen LogP contribution is 2.28. The third kappa shape index (κ3) is 4.74. The van der Waals surface area contributed by atoms with Gasteiger partial charge in [-0.3, -0.25) is 4.79 Å². The lowest BCUT2D eigenvalue weighted by Gasteiger charge is -2.37. The van der Waals surface area contributed by atoms with Gasteiger partial charge in [-0.05, 0) is 53.7 Å². The Balaban J connectivity index is 2.52. The van der Waals surface area contributed by atoms with Crippen molar-refractivity contribution in [3.05, 3.63) is 29.8 Å². The molecule has 0 aliphatic carbocycles. The molecule has 1 rings (SSSR count). The molecule has 0 aliphatic rings. The number of aryl methyl sites for hydroxylation is 1. The molecule has 3 N–H and O–H groups in total. The second-order valence-electron chi connectivity index (χ2n) is 6.85. The first kappa shape index (κ1) is 17.5. The number of benzene rings is 1. The maximum absolute atomic E-state index is 12.3. The first-order chi connectivity index (χ1) is 9.54. The second kappa shape index (κ2) is 6.48. The molecule has 21 heavy (non-hydrogen) atoms. The van der Waals surface area contributed by atoms with E-state index in [1.807, 2.05) is 65.8 Å². The molecule has 1 amide bonds. The average Bonchev–Trinajstić information content (AvgIpc) is 2.36. The Morgan fingerprint density at radius 1 is 1.24 bits per heavy atom. The molecule has 4 heteroatoms. The zero-order chi connectivity index (χ0) is 16.3. The normalized spacial score (nSPS) is 13.7. The number of rotatable bonds is 6. The number of nitrogens with one attached hydrogen (secondary N) is 1. The number of nitrogens with two attached hydrogens (primary N) is 1. The van der Waals surface area contributed by atoms with Gasteiger partial charge in [-0.15, -0.1) is 0 Å². The van der Waals surface area contributed by atoms with Crippen molar-refractivity contribution in [2.45, 2.75) is 53.1 Å². The van der Waals surface area contributed by atoms with Crippen LogP contribution < -0.4 is 15.8 Å². The summed E-state index contributed by atoms with van der Waals surface area (Å²) in [6, 6.07) is 7.77. The summed E-state index contributed by atoms with van der Waals surface area (Å²) >= 11 is 0. The van der Waals surface area contributed by atoms with Crippen molar-refractivity contribution in [1.29, 1.82) is 0 Å². The Labute approximate surface area is 128 Å². The predicted octanol–water partition coefficient (Wildman–Crippen LogP) is 2.64. The van der Waals surface area contributed by atoms with E-state index in [-0.39, 0.29) is 11.9 Å². The second-order valence-corrected chi connectivity index (χ2v) is 6.85. The van der Waals surface area contributed by atoms with E-state index in [1.54, 1.807) is 0 Å². The third-order valence-electron chi connectivity index (χ3n) is 4.08. The lowest BCUT2D eigenvalue weighted by molar-refractivity contribution is -0.133. The molecule has 0 saturated heterocycles. The van der Waals surface area contributed by atoms with E-state index in [1.165, 1.54) is 5.56 Å². The van der Waals surface area contributed by atoms with Crippen LogP contribution in [0.15, 0.2) is 24.3 Å². The van der Waals surface area contributed by atoms with Gasteiger partial charge >= 0.3 is 0 Å². The summed E-state index contributed by atoms with van der Waals surface area (Å²) in [7, 11) is 0. The largest absolute Gasteiger partial charge is 0.491 e. The van der Waals surface area contributed by atoms with Gasteiger partial charge in [-0.25, -0.2) is 0 Å². The average molecular weight is 292 g/mol. The minimum absolute atomic E-state index is 0.0602. The van der Waals surface area contributed by atoms with Gasteiger partial charge in [0.05, 0.1) is 11.5 Å². The summed E-state index contributed by atoms with van der Waals surface area (Å²) in [4.78, 5) is 12.3. The van der Waals surface area contributed by atoms with Crippen molar-refractivity contribution in [3.63, 3.8) is 0 Å². The van der Waals surface area contributed by atoms with Crippen LogP contribution in [0.5, 0.6) is 5.75 Å². The van der Waals surface area contributed by atoms with Crippen molar-refractivity contribution in [2.75, 3.05) is 6.61 Å². The molecule has 0 saturated carbocycles. The van der Waals surface area contributed by atoms with Crippen LogP contribution in [0, 0.1) is 12.3 Å². The molecular weight excluding hydrogens is 264 g/mol. The first-order valence-electron chi connectivity index (χ1n) is 7.33. The Morgan fingerprint density at radius 2 is 1.76 bits per heavy atom. The molecule has 1 atom stereocenters. The summed E-state index contributed by atoms with van der Waals surface area (Å²) in [5.41, 5.74) is 6.03. The Bertz CT molecular complexity index is 473. The van der Waals surface area contributed by atoms with E-state index >= 15 is 0 Å². The number of ether oxygens (including phenoxy) is 1.